The minimum Gasteiger partial charge on any atom is -0.497 e. The third-order valence-electron chi connectivity index (χ3n) is 4.31. The van der Waals surface area contributed by atoms with Crippen molar-refractivity contribution in [1.29, 1.82) is 0 Å². The first kappa shape index (κ1) is 13.7. The molecule has 2 aliphatic rings. The number of hydrogen-bond donors (Lipinski definition) is 2. The summed E-state index contributed by atoms with van der Waals surface area (Å²) in [7, 11) is 1.61. The number of carbonyl (C=O) groups is 2. The lowest BCUT2D eigenvalue weighted by molar-refractivity contribution is -0.120. The molecule has 1 spiro atoms. The van der Waals surface area contributed by atoms with Crippen LogP contribution in [0.3, 0.4) is 0 Å². The van der Waals surface area contributed by atoms with Crippen LogP contribution < -0.4 is 15.4 Å². The van der Waals surface area contributed by atoms with E-state index in [2.05, 4.69) is 10.6 Å². The number of urea groups is 1. The lowest BCUT2D eigenvalue weighted by Gasteiger charge is -2.23. The average molecular weight is 289 g/mol. The normalized spacial score (nSPS) is 23.1. The first-order valence-corrected chi connectivity index (χ1v) is 7.13. The minimum atomic E-state index is -0.644. The van der Waals surface area contributed by atoms with E-state index < -0.39 is 5.41 Å². The Balaban J connectivity index is 1.93. The van der Waals surface area contributed by atoms with E-state index in [0.29, 0.717) is 26.1 Å². The highest BCUT2D eigenvalue weighted by Crippen LogP contribution is 2.45. The molecule has 2 heterocycles. The van der Waals surface area contributed by atoms with Gasteiger partial charge in [0.25, 0.3) is 0 Å². The molecule has 1 saturated heterocycles. The number of amides is 3. The summed E-state index contributed by atoms with van der Waals surface area (Å²) in [6.45, 7) is 3.45. The molecule has 1 unspecified atom stereocenters. The third-order valence-corrected chi connectivity index (χ3v) is 4.31. The second-order valence-corrected chi connectivity index (χ2v) is 5.45. The highest BCUT2D eigenvalue weighted by molar-refractivity contribution is 6.07. The second-order valence-electron chi connectivity index (χ2n) is 5.45. The van der Waals surface area contributed by atoms with Gasteiger partial charge in [0.05, 0.1) is 12.5 Å². The van der Waals surface area contributed by atoms with Crippen molar-refractivity contribution in [3.63, 3.8) is 0 Å². The van der Waals surface area contributed by atoms with Crippen LogP contribution in [0, 0.1) is 0 Å². The van der Waals surface area contributed by atoms with Gasteiger partial charge in [0, 0.05) is 25.3 Å². The average Bonchev–Trinajstić information content (AvgIpc) is 3.04. The highest BCUT2D eigenvalue weighted by Gasteiger charge is 2.52. The summed E-state index contributed by atoms with van der Waals surface area (Å²) >= 11 is 0. The van der Waals surface area contributed by atoms with Crippen molar-refractivity contribution < 1.29 is 14.3 Å². The van der Waals surface area contributed by atoms with Gasteiger partial charge in [0.15, 0.2) is 0 Å². The number of nitrogens with zero attached hydrogens (tertiary/aromatic N) is 1. The van der Waals surface area contributed by atoms with E-state index in [4.69, 9.17) is 4.74 Å². The quantitative estimate of drug-likeness (QED) is 0.862. The summed E-state index contributed by atoms with van der Waals surface area (Å²) in [5.74, 6) is 0.693. The predicted molar refractivity (Wildman–Crippen MR) is 78.6 cm³/mol. The van der Waals surface area contributed by atoms with Crippen molar-refractivity contribution in [1.82, 2.24) is 10.2 Å². The van der Waals surface area contributed by atoms with Crippen LogP contribution >= 0.6 is 0 Å². The number of anilines is 1. The van der Waals surface area contributed by atoms with Gasteiger partial charge in [-0.2, -0.15) is 0 Å². The van der Waals surface area contributed by atoms with Gasteiger partial charge in [-0.05, 0) is 37.1 Å². The maximum absolute atomic E-state index is 12.5. The van der Waals surface area contributed by atoms with Crippen molar-refractivity contribution in [3.8, 4) is 5.75 Å². The summed E-state index contributed by atoms with van der Waals surface area (Å²) in [6.07, 6.45) is 0.635. The Labute approximate surface area is 123 Å². The van der Waals surface area contributed by atoms with Crippen LogP contribution in [0.5, 0.6) is 5.75 Å². The molecule has 0 saturated carbocycles. The van der Waals surface area contributed by atoms with E-state index in [9.17, 15) is 9.59 Å². The molecular weight excluding hydrogens is 270 g/mol. The van der Waals surface area contributed by atoms with Crippen molar-refractivity contribution in [2.75, 3.05) is 32.1 Å². The Bertz CT molecular complexity index is 602. The van der Waals surface area contributed by atoms with E-state index in [1.165, 1.54) is 0 Å². The molecule has 6 heteroatoms. The number of benzene rings is 1. The van der Waals surface area contributed by atoms with E-state index in [0.717, 1.165) is 17.0 Å². The molecule has 1 aromatic rings. The van der Waals surface area contributed by atoms with E-state index in [1.54, 1.807) is 12.0 Å². The van der Waals surface area contributed by atoms with E-state index in [1.807, 2.05) is 25.1 Å². The van der Waals surface area contributed by atoms with E-state index in [-0.39, 0.29) is 11.9 Å². The van der Waals surface area contributed by atoms with Crippen LogP contribution in [-0.4, -0.2) is 43.6 Å². The van der Waals surface area contributed by atoms with Crippen LogP contribution in [0.25, 0.3) is 0 Å². The molecule has 1 atom stereocenters. The van der Waals surface area contributed by atoms with Crippen LogP contribution in [-0.2, 0) is 10.2 Å². The summed E-state index contributed by atoms with van der Waals surface area (Å²) < 4.78 is 5.26. The fourth-order valence-corrected chi connectivity index (χ4v) is 3.17. The smallest absolute Gasteiger partial charge is 0.317 e. The number of carbonyl (C=O) groups excluding carboxylic acids is 2. The summed E-state index contributed by atoms with van der Waals surface area (Å²) in [4.78, 5) is 26.2. The van der Waals surface area contributed by atoms with Gasteiger partial charge in [-0.25, -0.2) is 4.79 Å². The van der Waals surface area contributed by atoms with Gasteiger partial charge in [-0.15, -0.1) is 0 Å². The van der Waals surface area contributed by atoms with Crippen LogP contribution in [0.4, 0.5) is 10.5 Å². The molecule has 0 bridgehead atoms. The first-order valence-electron chi connectivity index (χ1n) is 7.13. The molecule has 2 aliphatic heterocycles. The molecule has 1 aromatic carbocycles. The Morgan fingerprint density at radius 3 is 3.05 bits per heavy atom. The van der Waals surface area contributed by atoms with Crippen LogP contribution in [0.2, 0.25) is 0 Å². The third kappa shape index (κ3) is 2.02. The second kappa shape index (κ2) is 4.95. The van der Waals surface area contributed by atoms with Gasteiger partial charge >= 0.3 is 6.03 Å². The monoisotopic (exact) mass is 289 g/mol. The van der Waals surface area contributed by atoms with Crippen molar-refractivity contribution in [2.24, 2.45) is 0 Å². The predicted octanol–water partition coefficient (Wildman–Crippen LogP) is 1.32. The molecule has 6 nitrogen and oxygen atoms in total. The van der Waals surface area contributed by atoms with Gasteiger partial charge < -0.3 is 20.3 Å². The number of methoxy groups -OCH3 is 1. The maximum Gasteiger partial charge on any atom is 0.317 e. The van der Waals surface area contributed by atoms with Gasteiger partial charge in [0.1, 0.15) is 5.75 Å². The molecule has 3 amide bonds. The Morgan fingerprint density at radius 2 is 2.33 bits per heavy atom. The maximum atomic E-state index is 12.5. The fourth-order valence-electron chi connectivity index (χ4n) is 3.17. The zero-order valence-corrected chi connectivity index (χ0v) is 12.2. The van der Waals surface area contributed by atoms with Crippen LogP contribution in [0.15, 0.2) is 18.2 Å². The minimum absolute atomic E-state index is 0.0300. The molecule has 112 valence electrons. The van der Waals surface area contributed by atoms with Gasteiger partial charge in [-0.1, -0.05) is 0 Å². The molecule has 21 heavy (non-hydrogen) atoms. The molecule has 1 fully saturated rings. The van der Waals surface area contributed by atoms with Crippen molar-refractivity contribution in [3.05, 3.63) is 23.8 Å². The SMILES string of the molecule is CCNC(=O)N1CCC2(C1)C(=O)Nc1ccc(OC)cc12. The number of nitrogens with one attached hydrogen (secondary N) is 2. The topological polar surface area (TPSA) is 70.7 Å². The number of ether oxygens (including phenoxy) is 1. The van der Waals surface area contributed by atoms with Gasteiger partial charge in [-0.3, -0.25) is 4.79 Å². The largest absolute Gasteiger partial charge is 0.497 e. The number of fused-ring (bicyclic) bond motifs is 2. The summed E-state index contributed by atoms with van der Waals surface area (Å²) in [5.41, 5.74) is 1.10. The Kier molecular flexibility index (Phi) is 3.23. The van der Waals surface area contributed by atoms with Crippen molar-refractivity contribution in [2.45, 2.75) is 18.8 Å². The number of likely N-dealkylation sites (tertiary alicyclic amines) is 1. The van der Waals surface area contributed by atoms with Gasteiger partial charge in [0.2, 0.25) is 5.91 Å². The molecule has 0 aromatic heterocycles. The molecule has 0 aliphatic carbocycles. The standard InChI is InChI=1S/C15H19N3O3/c1-3-16-14(20)18-7-6-15(9-18)11-8-10(21-2)4-5-12(11)17-13(15)19/h4-5,8H,3,6-7,9H2,1-2H3,(H,16,20)(H,17,19). The Morgan fingerprint density at radius 1 is 1.52 bits per heavy atom. The molecule has 3 rings (SSSR count). The van der Waals surface area contributed by atoms with Crippen LogP contribution in [0.1, 0.15) is 18.9 Å². The molecule has 2 N–H and O–H groups in total. The number of rotatable bonds is 2. The summed E-state index contributed by atoms with van der Waals surface area (Å²) in [6, 6.07) is 5.47. The first-order chi connectivity index (χ1) is 10.1. The zero-order chi connectivity index (χ0) is 15.0. The summed E-state index contributed by atoms with van der Waals surface area (Å²) in [5, 5.41) is 5.71. The van der Waals surface area contributed by atoms with Crippen molar-refractivity contribution >= 4 is 17.6 Å². The lowest BCUT2D eigenvalue weighted by atomic mass is 9.81. The Hall–Kier alpha value is -2.24. The highest BCUT2D eigenvalue weighted by atomic mass is 16.5. The van der Waals surface area contributed by atoms with E-state index >= 15 is 0 Å². The molecule has 0 radical (unpaired) electrons. The zero-order valence-electron chi connectivity index (χ0n) is 12.2. The lowest BCUT2D eigenvalue weighted by Crippen LogP contribution is -2.43. The number of hydrogen-bond acceptors (Lipinski definition) is 3. The fraction of sp³-hybridized carbons (Fsp3) is 0.467. The molecular formula is C15H19N3O3.